The van der Waals surface area contributed by atoms with E-state index in [1.807, 2.05) is 13.8 Å². The van der Waals surface area contributed by atoms with Gasteiger partial charge in [-0.2, -0.15) is 0 Å². The first-order chi connectivity index (χ1) is 12.4. The number of anilines is 1. The molecule has 1 unspecified atom stereocenters. The van der Waals surface area contributed by atoms with Crippen molar-refractivity contribution in [2.24, 2.45) is 0 Å². The third-order valence-corrected chi connectivity index (χ3v) is 4.14. The molecule has 26 heavy (non-hydrogen) atoms. The van der Waals surface area contributed by atoms with Crippen LogP contribution in [0.2, 0.25) is 0 Å². The van der Waals surface area contributed by atoms with E-state index in [0.717, 1.165) is 16.8 Å². The second-order valence-corrected chi connectivity index (χ2v) is 5.95. The summed E-state index contributed by atoms with van der Waals surface area (Å²) in [7, 11) is 1.53. The number of hydrogen-bond donors (Lipinski definition) is 1. The van der Waals surface area contributed by atoms with Gasteiger partial charge in [0.1, 0.15) is 23.4 Å². The predicted molar refractivity (Wildman–Crippen MR) is 95.6 cm³/mol. The Hall–Kier alpha value is -3.09. The molecule has 0 saturated carbocycles. The van der Waals surface area contributed by atoms with Crippen molar-refractivity contribution in [3.63, 3.8) is 0 Å². The lowest BCUT2D eigenvalue weighted by Crippen LogP contribution is -2.08. The number of methoxy groups -OCH3 is 1. The molecular weight excluding hydrogens is 337 g/mol. The fraction of sp³-hybridized carbons (Fsp3) is 0.263. The Kier molecular flexibility index (Phi) is 4.79. The molecule has 2 aromatic heterocycles. The lowest BCUT2D eigenvalue weighted by molar-refractivity contribution is 0.221. The van der Waals surface area contributed by atoms with Gasteiger partial charge >= 0.3 is 0 Å². The van der Waals surface area contributed by atoms with E-state index in [0.29, 0.717) is 22.8 Å². The van der Waals surface area contributed by atoms with Gasteiger partial charge < -0.3 is 19.7 Å². The van der Waals surface area contributed by atoms with Gasteiger partial charge in [-0.15, -0.1) is 0 Å². The van der Waals surface area contributed by atoms with Crippen LogP contribution >= 0.6 is 0 Å². The average Bonchev–Trinajstić information content (AvgIpc) is 2.95. The van der Waals surface area contributed by atoms with E-state index < -0.39 is 6.10 Å². The van der Waals surface area contributed by atoms with E-state index in [1.54, 1.807) is 25.3 Å². The van der Waals surface area contributed by atoms with E-state index in [9.17, 15) is 4.39 Å². The zero-order chi connectivity index (χ0) is 18.8. The van der Waals surface area contributed by atoms with Crippen LogP contribution in [0.25, 0.3) is 11.1 Å². The van der Waals surface area contributed by atoms with Crippen molar-refractivity contribution in [3.8, 4) is 22.6 Å². The second kappa shape index (κ2) is 7.03. The SMILES string of the molecule is COc1ccc(F)cc1C(C)Oc1cc(-c2c(C)noc2C)cnc1N. The van der Waals surface area contributed by atoms with E-state index in [2.05, 4.69) is 10.1 Å². The summed E-state index contributed by atoms with van der Waals surface area (Å²) in [5, 5.41) is 3.95. The molecule has 0 amide bonds. The normalized spacial score (nSPS) is 12.0. The predicted octanol–water partition coefficient (Wildman–Crippen LogP) is 4.22. The second-order valence-electron chi connectivity index (χ2n) is 5.95. The molecule has 3 aromatic rings. The van der Waals surface area contributed by atoms with Crippen LogP contribution in [-0.2, 0) is 0 Å². The molecule has 0 bridgehead atoms. The Labute approximate surface area is 150 Å². The van der Waals surface area contributed by atoms with Gasteiger partial charge in [0.25, 0.3) is 0 Å². The van der Waals surface area contributed by atoms with Crippen LogP contribution < -0.4 is 15.2 Å². The molecule has 0 aliphatic heterocycles. The topological polar surface area (TPSA) is 83.4 Å². The summed E-state index contributed by atoms with van der Waals surface area (Å²) < 4.78 is 30.1. The molecule has 0 aliphatic rings. The maximum Gasteiger partial charge on any atom is 0.166 e. The molecule has 6 nitrogen and oxygen atoms in total. The van der Waals surface area contributed by atoms with Crippen LogP contribution in [0.15, 0.2) is 35.0 Å². The number of nitrogen functional groups attached to an aromatic ring is 1. The maximum atomic E-state index is 13.6. The Bertz CT molecular complexity index is 920. The third kappa shape index (κ3) is 3.33. The highest BCUT2D eigenvalue weighted by Gasteiger charge is 2.18. The fourth-order valence-electron chi connectivity index (χ4n) is 2.86. The van der Waals surface area contributed by atoms with Crippen molar-refractivity contribution in [1.82, 2.24) is 10.1 Å². The summed E-state index contributed by atoms with van der Waals surface area (Å²) in [5.41, 5.74) is 8.92. The molecule has 0 spiro atoms. The molecule has 136 valence electrons. The van der Waals surface area contributed by atoms with Crippen LogP contribution in [0.4, 0.5) is 10.2 Å². The molecule has 7 heteroatoms. The minimum absolute atomic E-state index is 0.239. The number of halogens is 1. The minimum Gasteiger partial charge on any atom is -0.496 e. The van der Waals surface area contributed by atoms with Crippen LogP contribution in [0.1, 0.15) is 30.0 Å². The van der Waals surface area contributed by atoms with Gasteiger partial charge in [-0.3, -0.25) is 0 Å². The first kappa shape index (κ1) is 17.7. The van der Waals surface area contributed by atoms with Crippen LogP contribution in [-0.4, -0.2) is 17.3 Å². The molecule has 1 aromatic carbocycles. The van der Waals surface area contributed by atoms with E-state index in [1.165, 1.54) is 19.2 Å². The molecule has 0 fully saturated rings. The number of nitrogens with zero attached hydrogens (tertiary/aromatic N) is 2. The first-order valence-electron chi connectivity index (χ1n) is 8.09. The number of rotatable bonds is 5. The summed E-state index contributed by atoms with van der Waals surface area (Å²) in [6.07, 6.45) is 1.15. The van der Waals surface area contributed by atoms with E-state index in [4.69, 9.17) is 19.7 Å². The Morgan fingerprint density at radius 3 is 2.62 bits per heavy atom. The molecule has 2 heterocycles. The quantitative estimate of drug-likeness (QED) is 0.736. The third-order valence-electron chi connectivity index (χ3n) is 4.14. The zero-order valence-corrected chi connectivity index (χ0v) is 15.0. The lowest BCUT2D eigenvalue weighted by atomic mass is 10.1. The van der Waals surface area contributed by atoms with Crippen molar-refractivity contribution in [2.45, 2.75) is 26.9 Å². The summed E-state index contributed by atoms with van der Waals surface area (Å²) in [6, 6.07) is 6.05. The van der Waals surface area contributed by atoms with Gasteiger partial charge in [-0.05, 0) is 45.0 Å². The highest BCUT2D eigenvalue weighted by Crippen LogP contribution is 2.35. The van der Waals surface area contributed by atoms with Gasteiger partial charge in [0.15, 0.2) is 11.6 Å². The summed E-state index contributed by atoms with van der Waals surface area (Å²) in [6.45, 7) is 5.47. The largest absolute Gasteiger partial charge is 0.496 e. The van der Waals surface area contributed by atoms with Crippen LogP contribution in [0, 0.1) is 19.7 Å². The van der Waals surface area contributed by atoms with E-state index >= 15 is 0 Å². The smallest absolute Gasteiger partial charge is 0.166 e. The highest BCUT2D eigenvalue weighted by atomic mass is 19.1. The standard InChI is InChI=1S/C19H20FN3O3/c1-10-18(12(3)26-23-10)13-7-17(19(21)22-9-13)25-11(2)15-8-14(20)5-6-16(15)24-4/h5-9,11H,1-4H3,(H2,21,22). The average molecular weight is 357 g/mol. The van der Waals surface area contributed by atoms with Crippen LogP contribution in [0.5, 0.6) is 11.5 Å². The molecule has 3 rings (SSSR count). The van der Waals surface area contributed by atoms with Crippen LogP contribution in [0.3, 0.4) is 0 Å². The van der Waals surface area contributed by atoms with Crippen molar-refractivity contribution >= 4 is 5.82 Å². The maximum absolute atomic E-state index is 13.6. The number of aromatic nitrogens is 2. The number of aryl methyl sites for hydroxylation is 2. The lowest BCUT2D eigenvalue weighted by Gasteiger charge is -2.19. The van der Waals surface area contributed by atoms with Crippen molar-refractivity contribution in [3.05, 3.63) is 53.3 Å². The van der Waals surface area contributed by atoms with Gasteiger partial charge in [-0.1, -0.05) is 5.16 Å². The summed E-state index contributed by atoms with van der Waals surface area (Å²) in [5.74, 6) is 1.48. The number of benzene rings is 1. The van der Waals surface area contributed by atoms with E-state index in [-0.39, 0.29) is 11.6 Å². The number of nitrogens with two attached hydrogens (primary N) is 1. The van der Waals surface area contributed by atoms with Crippen molar-refractivity contribution in [2.75, 3.05) is 12.8 Å². The van der Waals surface area contributed by atoms with Crippen molar-refractivity contribution < 1.29 is 18.4 Å². The van der Waals surface area contributed by atoms with Gasteiger partial charge in [0, 0.05) is 22.9 Å². The Balaban J connectivity index is 1.95. The summed E-state index contributed by atoms with van der Waals surface area (Å²) >= 11 is 0. The monoisotopic (exact) mass is 357 g/mol. The van der Waals surface area contributed by atoms with Gasteiger partial charge in [-0.25, -0.2) is 9.37 Å². The highest BCUT2D eigenvalue weighted by molar-refractivity contribution is 5.70. The fourth-order valence-corrected chi connectivity index (χ4v) is 2.86. The van der Waals surface area contributed by atoms with Gasteiger partial charge in [0.2, 0.25) is 0 Å². The van der Waals surface area contributed by atoms with Crippen molar-refractivity contribution in [1.29, 1.82) is 0 Å². The number of ether oxygens (including phenoxy) is 2. The molecule has 1 atom stereocenters. The Morgan fingerprint density at radius 2 is 1.96 bits per heavy atom. The van der Waals surface area contributed by atoms with Gasteiger partial charge in [0.05, 0.1) is 12.8 Å². The first-order valence-corrected chi connectivity index (χ1v) is 8.09. The molecule has 0 saturated heterocycles. The molecule has 2 N–H and O–H groups in total. The molecule has 0 aliphatic carbocycles. The molecular formula is C19H20FN3O3. The number of hydrogen-bond acceptors (Lipinski definition) is 6. The summed E-state index contributed by atoms with van der Waals surface area (Å²) in [4.78, 5) is 4.20. The molecule has 0 radical (unpaired) electrons. The minimum atomic E-state index is -0.496. The Morgan fingerprint density at radius 1 is 1.19 bits per heavy atom. The zero-order valence-electron chi connectivity index (χ0n) is 15.0. The number of pyridine rings is 1.